The van der Waals surface area contributed by atoms with Crippen molar-refractivity contribution in [1.82, 2.24) is 4.98 Å². The van der Waals surface area contributed by atoms with Gasteiger partial charge in [-0.15, -0.1) is 11.3 Å². The standard InChI is InChI=1S/C6H11N2O3PS/c1-4(7)2-5-8-3-6(13-5)12(9,10)11/h3-4H,2,7H2,1H3,(H2,9,10,11)/t4-/m1/s1. The van der Waals surface area contributed by atoms with Crippen LogP contribution in [0.1, 0.15) is 11.9 Å². The Morgan fingerprint density at radius 1 is 1.77 bits per heavy atom. The van der Waals surface area contributed by atoms with Crippen molar-refractivity contribution in [3.05, 3.63) is 11.2 Å². The highest BCUT2D eigenvalue weighted by atomic mass is 32.1. The second-order valence-electron chi connectivity index (χ2n) is 2.82. The zero-order chi connectivity index (χ0) is 10.1. The van der Waals surface area contributed by atoms with Gasteiger partial charge in [0.15, 0.2) is 0 Å². The number of rotatable bonds is 3. The number of aromatic nitrogens is 1. The largest absolute Gasteiger partial charge is 0.367 e. The number of hydrogen-bond acceptors (Lipinski definition) is 4. The summed E-state index contributed by atoms with van der Waals surface area (Å²) in [5.41, 5.74) is 5.52. The molecule has 0 aromatic carbocycles. The van der Waals surface area contributed by atoms with Gasteiger partial charge in [0, 0.05) is 12.5 Å². The fraction of sp³-hybridized carbons (Fsp3) is 0.500. The minimum Gasteiger partial charge on any atom is -0.328 e. The molecule has 0 bridgehead atoms. The lowest BCUT2D eigenvalue weighted by Crippen LogP contribution is -2.17. The van der Waals surface area contributed by atoms with Crippen molar-refractivity contribution in [1.29, 1.82) is 0 Å². The fourth-order valence-corrected chi connectivity index (χ4v) is 2.60. The first-order valence-electron chi connectivity index (χ1n) is 3.66. The summed E-state index contributed by atoms with van der Waals surface area (Å²) in [5.74, 6) is 0. The van der Waals surface area contributed by atoms with Gasteiger partial charge in [0.1, 0.15) is 4.62 Å². The van der Waals surface area contributed by atoms with Gasteiger partial charge in [0.25, 0.3) is 0 Å². The van der Waals surface area contributed by atoms with Gasteiger partial charge in [-0.05, 0) is 6.92 Å². The first-order valence-corrected chi connectivity index (χ1v) is 6.09. The van der Waals surface area contributed by atoms with Crippen LogP contribution in [0, 0.1) is 0 Å². The SMILES string of the molecule is C[C@@H](N)Cc1ncc(P(=O)(O)O)s1. The Kier molecular flexibility index (Phi) is 3.21. The summed E-state index contributed by atoms with van der Waals surface area (Å²) in [6, 6.07) is -0.0456. The molecule has 1 aromatic heterocycles. The molecule has 13 heavy (non-hydrogen) atoms. The second-order valence-corrected chi connectivity index (χ2v) is 5.81. The van der Waals surface area contributed by atoms with E-state index in [1.165, 1.54) is 6.20 Å². The maximum Gasteiger partial charge on any atom is 0.367 e. The molecule has 0 saturated heterocycles. The van der Waals surface area contributed by atoms with Crippen LogP contribution in [0.3, 0.4) is 0 Å². The fourth-order valence-electron chi connectivity index (χ4n) is 0.805. The Morgan fingerprint density at radius 2 is 2.38 bits per heavy atom. The van der Waals surface area contributed by atoms with Crippen molar-refractivity contribution < 1.29 is 14.4 Å². The van der Waals surface area contributed by atoms with E-state index in [2.05, 4.69) is 4.98 Å². The van der Waals surface area contributed by atoms with Gasteiger partial charge < -0.3 is 15.5 Å². The number of hydrogen-bond donors (Lipinski definition) is 3. The Morgan fingerprint density at radius 3 is 2.77 bits per heavy atom. The molecule has 74 valence electrons. The molecule has 0 aliphatic rings. The molecule has 0 unspecified atom stereocenters. The third-order valence-corrected chi connectivity index (χ3v) is 3.82. The van der Waals surface area contributed by atoms with Crippen LogP contribution >= 0.6 is 18.9 Å². The van der Waals surface area contributed by atoms with Crippen LogP contribution in [0.15, 0.2) is 6.20 Å². The molecule has 0 aliphatic carbocycles. The van der Waals surface area contributed by atoms with Crippen LogP contribution in [0.25, 0.3) is 0 Å². The molecule has 1 rings (SSSR count). The van der Waals surface area contributed by atoms with Crippen molar-refractivity contribution in [2.45, 2.75) is 19.4 Å². The molecule has 0 aliphatic heterocycles. The molecule has 0 fully saturated rings. The van der Waals surface area contributed by atoms with E-state index in [0.29, 0.717) is 11.4 Å². The third kappa shape index (κ3) is 3.17. The summed E-state index contributed by atoms with van der Waals surface area (Å²) in [5, 5.41) is 0.660. The van der Waals surface area contributed by atoms with Crippen molar-refractivity contribution in [3.63, 3.8) is 0 Å². The molecule has 0 radical (unpaired) electrons. The highest BCUT2D eigenvalue weighted by molar-refractivity contribution is 7.67. The van der Waals surface area contributed by atoms with Gasteiger partial charge in [0.05, 0.1) is 11.2 Å². The highest BCUT2D eigenvalue weighted by Crippen LogP contribution is 2.35. The zero-order valence-corrected chi connectivity index (χ0v) is 8.76. The monoisotopic (exact) mass is 222 g/mol. The molecule has 0 amide bonds. The predicted octanol–water partition coefficient (Wildman–Crippen LogP) is -0.164. The van der Waals surface area contributed by atoms with Crippen LogP contribution < -0.4 is 10.4 Å². The maximum absolute atomic E-state index is 10.8. The number of thiazole rings is 1. The van der Waals surface area contributed by atoms with Gasteiger partial charge in [-0.2, -0.15) is 0 Å². The summed E-state index contributed by atoms with van der Waals surface area (Å²) >= 11 is 1.01. The molecule has 4 N–H and O–H groups in total. The van der Waals surface area contributed by atoms with E-state index in [1.807, 2.05) is 6.92 Å². The van der Waals surface area contributed by atoms with Crippen LogP contribution in [-0.4, -0.2) is 20.8 Å². The zero-order valence-electron chi connectivity index (χ0n) is 7.04. The summed E-state index contributed by atoms with van der Waals surface area (Å²) in [6.07, 6.45) is 1.76. The lowest BCUT2D eigenvalue weighted by atomic mass is 10.3. The minimum absolute atomic E-state index is 0.00292. The Hall–Kier alpha value is -0.260. The number of nitrogens with zero attached hydrogens (tertiary/aromatic N) is 1. The van der Waals surface area contributed by atoms with Crippen LogP contribution in [0.5, 0.6) is 0 Å². The summed E-state index contributed by atoms with van der Waals surface area (Å²) in [6.45, 7) is 1.82. The molecular formula is C6H11N2O3PS. The van der Waals surface area contributed by atoms with Gasteiger partial charge in [-0.25, -0.2) is 4.98 Å². The van der Waals surface area contributed by atoms with Crippen molar-refractivity contribution in [3.8, 4) is 0 Å². The average Bonchev–Trinajstić information content (AvgIpc) is 2.32. The summed E-state index contributed by atoms with van der Waals surface area (Å²) in [7, 11) is -4.13. The first-order chi connectivity index (χ1) is 5.89. The molecular weight excluding hydrogens is 211 g/mol. The lowest BCUT2D eigenvalue weighted by molar-refractivity contribution is 0.388. The molecule has 0 saturated carbocycles. The number of nitrogens with two attached hydrogens (primary N) is 1. The van der Waals surface area contributed by atoms with Gasteiger partial charge >= 0.3 is 7.60 Å². The van der Waals surface area contributed by atoms with E-state index < -0.39 is 7.60 Å². The van der Waals surface area contributed by atoms with E-state index in [0.717, 1.165) is 11.3 Å². The average molecular weight is 222 g/mol. The molecule has 1 heterocycles. The molecule has 0 spiro atoms. The first kappa shape index (κ1) is 10.8. The second kappa shape index (κ2) is 3.86. The van der Waals surface area contributed by atoms with Gasteiger partial charge in [-0.3, -0.25) is 4.57 Å². The van der Waals surface area contributed by atoms with Crippen LogP contribution in [0.4, 0.5) is 0 Å². The molecule has 5 nitrogen and oxygen atoms in total. The third-order valence-electron chi connectivity index (χ3n) is 1.33. The van der Waals surface area contributed by atoms with Crippen molar-refractivity contribution in [2.75, 3.05) is 0 Å². The Bertz CT molecular complexity index is 332. The Labute approximate surface area is 79.8 Å². The normalized spacial score (nSPS) is 14.5. The van der Waals surface area contributed by atoms with Gasteiger partial charge in [0.2, 0.25) is 0 Å². The molecule has 7 heteroatoms. The van der Waals surface area contributed by atoms with Crippen LogP contribution in [0.2, 0.25) is 0 Å². The topological polar surface area (TPSA) is 96.4 Å². The van der Waals surface area contributed by atoms with E-state index in [4.69, 9.17) is 15.5 Å². The smallest absolute Gasteiger partial charge is 0.328 e. The van der Waals surface area contributed by atoms with E-state index in [1.54, 1.807) is 0 Å². The maximum atomic E-state index is 10.8. The summed E-state index contributed by atoms with van der Waals surface area (Å²) in [4.78, 5) is 21.4. The summed E-state index contributed by atoms with van der Waals surface area (Å²) < 4.78 is 10.8. The lowest BCUT2D eigenvalue weighted by Gasteiger charge is -1.99. The predicted molar refractivity (Wildman–Crippen MR) is 51.1 cm³/mol. The molecule has 1 atom stereocenters. The quantitative estimate of drug-likeness (QED) is 0.617. The molecule has 1 aromatic rings. The van der Waals surface area contributed by atoms with E-state index in [9.17, 15) is 4.57 Å². The van der Waals surface area contributed by atoms with E-state index in [-0.39, 0.29) is 10.7 Å². The minimum atomic E-state index is -4.13. The van der Waals surface area contributed by atoms with Crippen molar-refractivity contribution in [2.24, 2.45) is 5.73 Å². The van der Waals surface area contributed by atoms with E-state index >= 15 is 0 Å². The highest BCUT2D eigenvalue weighted by Gasteiger charge is 2.20. The Balaban J connectivity index is 2.81. The van der Waals surface area contributed by atoms with Crippen LogP contribution in [-0.2, 0) is 11.0 Å². The van der Waals surface area contributed by atoms with Crippen molar-refractivity contribution >= 4 is 23.6 Å². The van der Waals surface area contributed by atoms with Gasteiger partial charge in [-0.1, -0.05) is 0 Å².